The van der Waals surface area contributed by atoms with E-state index in [1.54, 1.807) is 24.3 Å². The van der Waals surface area contributed by atoms with Crippen molar-refractivity contribution in [3.63, 3.8) is 0 Å². The van der Waals surface area contributed by atoms with Gasteiger partial charge in [-0.15, -0.1) is 0 Å². The molecule has 6 heteroatoms. The van der Waals surface area contributed by atoms with Gasteiger partial charge in [0.05, 0.1) is 19.0 Å². The summed E-state index contributed by atoms with van der Waals surface area (Å²) >= 11 is 0. The lowest BCUT2D eigenvalue weighted by molar-refractivity contribution is 0.0729. The molecule has 0 fully saturated rings. The maximum absolute atomic E-state index is 11.7. The first-order valence-electron chi connectivity index (χ1n) is 4.86. The van der Waals surface area contributed by atoms with Crippen LogP contribution in [0.5, 0.6) is 11.5 Å². The molecule has 0 spiro atoms. The predicted molar refractivity (Wildman–Crippen MR) is 61.0 cm³/mol. The van der Waals surface area contributed by atoms with Crippen molar-refractivity contribution in [1.29, 1.82) is 0 Å². The molecule has 0 saturated carbocycles. The number of carbonyl (C=O) groups excluding carboxylic acids is 1. The van der Waals surface area contributed by atoms with Crippen molar-refractivity contribution in [2.75, 3.05) is 12.8 Å². The number of nitrogens with one attached hydrogen (secondary N) is 1. The average Bonchev–Trinajstić information content (AvgIpc) is 2.76. The van der Waals surface area contributed by atoms with E-state index in [0.717, 1.165) is 0 Å². The summed E-state index contributed by atoms with van der Waals surface area (Å²) in [6, 6.07) is 6.72. The van der Waals surface area contributed by atoms with Gasteiger partial charge in [-0.2, -0.15) is 5.10 Å². The molecule has 0 bridgehead atoms. The average molecular weight is 233 g/mol. The van der Waals surface area contributed by atoms with Crippen LogP contribution in [0.2, 0.25) is 0 Å². The molecule has 2 rings (SSSR count). The first-order chi connectivity index (χ1) is 8.20. The lowest BCUT2D eigenvalue weighted by Gasteiger charge is -2.05. The third-order valence-electron chi connectivity index (χ3n) is 2.12. The first kappa shape index (κ1) is 11.0. The Morgan fingerprint density at radius 3 is 2.82 bits per heavy atom. The van der Waals surface area contributed by atoms with Crippen LogP contribution in [0, 0.1) is 0 Å². The number of hydrogen-bond donors (Lipinski definition) is 2. The molecule has 0 atom stereocenters. The molecular weight excluding hydrogens is 222 g/mol. The fourth-order valence-electron chi connectivity index (χ4n) is 1.28. The van der Waals surface area contributed by atoms with Gasteiger partial charge in [0.25, 0.3) is 0 Å². The number of methoxy groups -OCH3 is 1. The number of nitrogens with zero attached hydrogens (tertiary/aromatic N) is 1. The molecule has 0 amide bonds. The predicted octanol–water partition coefficient (Wildman–Crippen LogP) is 1.22. The Labute approximate surface area is 97.3 Å². The zero-order valence-electron chi connectivity index (χ0n) is 9.14. The van der Waals surface area contributed by atoms with E-state index in [9.17, 15) is 4.79 Å². The molecule has 1 aromatic carbocycles. The minimum absolute atomic E-state index is 0.132. The summed E-state index contributed by atoms with van der Waals surface area (Å²) in [5.41, 5.74) is 5.91. The van der Waals surface area contributed by atoms with Crippen LogP contribution < -0.4 is 15.2 Å². The maximum atomic E-state index is 11.7. The van der Waals surface area contributed by atoms with Crippen molar-refractivity contribution in [3.8, 4) is 11.5 Å². The molecule has 2 aromatic rings. The van der Waals surface area contributed by atoms with Gasteiger partial charge in [0, 0.05) is 6.07 Å². The molecule has 0 aliphatic rings. The second kappa shape index (κ2) is 4.56. The van der Waals surface area contributed by atoms with Gasteiger partial charge in [0.15, 0.2) is 5.69 Å². The van der Waals surface area contributed by atoms with E-state index < -0.39 is 5.97 Å². The Bertz CT molecular complexity index is 536. The van der Waals surface area contributed by atoms with Crippen LogP contribution in [0.25, 0.3) is 0 Å². The molecule has 88 valence electrons. The van der Waals surface area contributed by atoms with Crippen LogP contribution in [-0.2, 0) is 0 Å². The second-order valence-electron chi connectivity index (χ2n) is 3.27. The monoisotopic (exact) mass is 233 g/mol. The van der Waals surface area contributed by atoms with E-state index in [2.05, 4.69) is 10.2 Å². The molecule has 0 aliphatic carbocycles. The van der Waals surface area contributed by atoms with Crippen molar-refractivity contribution in [1.82, 2.24) is 10.2 Å². The Kier molecular flexibility index (Phi) is 2.95. The summed E-state index contributed by atoms with van der Waals surface area (Å²) in [4.78, 5) is 11.7. The lowest BCUT2D eigenvalue weighted by Crippen LogP contribution is -2.11. The number of carbonyl (C=O) groups is 1. The summed E-state index contributed by atoms with van der Waals surface area (Å²) in [7, 11) is 1.54. The molecule has 6 nitrogen and oxygen atoms in total. The highest BCUT2D eigenvalue weighted by molar-refractivity contribution is 5.94. The fourth-order valence-corrected chi connectivity index (χ4v) is 1.28. The third kappa shape index (κ3) is 2.36. The molecule has 0 radical (unpaired) electrons. The van der Waals surface area contributed by atoms with Gasteiger partial charge in [0.2, 0.25) is 0 Å². The van der Waals surface area contributed by atoms with Gasteiger partial charge < -0.3 is 15.2 Å². The normalized spacial score (nSPS) is 9.94. The van der Waals surface area contributed by atoms with Crippen molar-refractivity contribution < 1.29 is 14.3 Å². The number of nitrogens with two attached hydrogens (primary N) is 1. The maximum Gasteiger partial charge on any atom is 0.363 e. The smallest absolute Gasteiger partial charge is 0.363 e. The number of hydrogen-bond acceptors (Lipinski definition) is 5. The lowest BCUT2D eigenvalue weighted by atomic mass is 10.3. The van der Waals surface area contributed by atoms with E-state index in [4.69, 9.17) is 15.2 Å². The second-order valence-corrected chi connectivity index (χ2v) is 3.27. The van der Waals surface area contributed by atoms with Crippen molar-refractivity contribution in [3.05, 3.63) is 36.2 Å². The Morgan fingerprint density at radius 2 is 2.18 bits per heavy atom. The number of anilines is 1. The van der Waals surface area contributed by atoms with Crippen LogP contribution in [0.4, 0.5) is 5.69 Å². The number of benzene rings is 1. The summed E-state index contributed by atoms with van der Waals surface area (Å²) in [5, 5.41) is 6.12. The van der Waals surface area contributed by atoms with Crippen LogP contribution in [0.15, 0.2) is 30.5 Å². The van der Waals surface area contributed by atoms with Crippen molar-refractivity contribution >= 4 is 11.7 Å². The van der Waals surface area contributed by atoms with E-state index in [1.165, 1.54) is 13.3 Å². The van der Waals surface area contributed by atoms with Crippen LogP contribution in [-0.4, -0.2) is 23.3 Å². The third-order valence-corrected chi connectivity index (χ3v) is 2.12. The van der Waals surface area contributed by atoms with Crippen molar-refractivity contribution in [2.45, 2.75) is 0 Å². The Balaban J connectivity index is 2.16. The van der Waals surface area contributed by atoms with Crippen LogP contribution >= 0.6 is 0 Å². The summed E-state index contributed by atoms with van der Waals surface area (Å²) < 4.78 is 10.1. The molecule has 0 aliphatic heterocycles. The van der Waals surface area contributed by atoms with Crippen LogP contribution in [0.1, 0.15) is 10.5 Å². The molecule has 0 saturated heterocycles. The van der Waals surface area contributed by atoms with Gasteiger partial charge in [-0.1, -0.05) is 6.07 Å². The Morgan fingerprint density at radius 1 is 1.41 bits per heavy atom. The van der Waals surface area contributed by atoms with Gasteiger partial charge in [-0.05, 0) is 12.1 Å². The highest BCUT2D eigenvalue weighted by Crippen LogP contribution is 2.20. The van der Waals surface area contributed by atoms with Gasteiger partial charge in [-0.25, -0.2) is 4.79 Å². The number of ether oxygens (including phenoxy) is 2. The number of aromatic nitrogens is 2. The number of H-pyrrole nitrogens is 1. The Hall–Kier alpha value is -2.50. The quantitative estimate of drug-likeness (QED) is 0.614. The summed E-state index contributed by atoms with van der Waals surface area (Å²) in [6.45, 7) is 0. The molecule has 0 unspecified atom stereocenters. The molecule has 1 aromatic heterocycles. The largest absolute Gasteiger partial charge is 0.497 e. The standard InChI is InChI=1S/C11H11N3O3/c1-16-7-3-2-4-8(5-7)17-11(15)10-9(12)6-13-14-10/h2-6H,12H2,1H3,(H,13,14). The zero-order chi connectivity index (χ0) is 12.3. The zero-order valence-corrected chi connectivity index (χ0v) is 9.14. The minimum Gasteiger partial charge on any atom is -0.497 e. The first-order valence-corrected chi connectivity index (χ1v) is 4.86. The fraction of sp³-hybridized carbons (Fsp3) is 0.0909. The molecule has 3 N–H and O–H groups in total. The number of esters is 1. The SMILES string of the molecule is COc1cccc(OC(=O)c2[nH]ncc2N)c1. The van der Waals surface area contributed by atoms with Gasteiger partial charge >= 0.3 is 5.97 Å². The van der Waals surface area contributed by atoms with E-state index >= 15 is 0 Å². The van der Waals surface area contributed by atoms with Crippen molar-refractivity contribution in [2.24, 2.45) is 0 Å². The highest BCUT2D eigenvalue weighted by Gasteiger charge is 2.14. The number of aromatic amines is 1. The number of nitrogen functional groups attached to an aromatic ring is 1. The van der Waals surface area contributed by atoms with E-state index in [-0.39, 0.29) is 11.4 Å². The van der Waals surface area contributed by atoms with E-state index in [0.29, 0.717) is 11.5 Å². The summed E-state index contributed by atoms with van der Waals surface area (Å²) in [5.74, 6) is 0.393. The van der Waals surface area contributed by atoms with Gasteiger partial charge in [0.1, 0.15) is 11.5 Å². The van der Waals surface area contributed by atoms with E-state index in [1.807, 2.05) is 0 Å². The molecular formula is C11H11N3O3. The molecule has 17 heavy (non-hydrogen) atoms. The summed E-state index contributed by atoms with van der Waals surface area (Å²) in [6.07, 6.45) is 1.35. The highest BCUT2D eigenvalue weighted by atomic mass is 16.5. The number of rotatable bonds is 3. The molecule has 1 heterocycles. The topological polar surface area (TPSA) is 90.2 Å². The van der Waals surface area contributed by atoms with Crippen LogP contribution in [0.3, 0.4) is 0 Å². The van der Waals surface area contributed by atoms with Gasteiger partial charge in [-0.3, -0.25) is 5.10 Å². The minimum atomic E-state index is -0.590.